The molecule has 7 aromatic rings. The summed E-state index contributed by atoms with van der Waals surface area (Å²) in [5, 5.41) is 15.1. The molecule has 3 aromatic carbocycles. The van der Waals surface area contributed by atoms with Gasteiger partial charge in [0.15, 0.2) is 5.82 Å². The Morgan fingerprint density at radius 1 is 0.750 bits per heavy atom. The minimum Gasteiger partial charge on any atom is -0.361 e. The lowest BCUT2D eigenvalue weighted by atomic mass is 10.0. The van der Waals surface area contributed by atoms with Gasteiger partial charge in [0, 0.05) is 53.2 Å². The monoisotopic (exact) mass is 579 g/mol. The predicted molar refractivity (Wildman–Crippen MR) is 172 cm³/mol. The quantitative estimate of drug-likeness (QED) is 0.161. The van der Waals surface area contributed by atoms with E-state index in [0.717, 1.165) is 58.5 Å². The molecule has 44 heavy (non-hydrogen) atoms. The molecule has 0 saturated carbocycles. The van der Waals surface area contributed by atoms with Gasteiger partial charge in [0.05, 0.1) is 12.6 Å². The molecule has 1 amide bonds. The van der Waals surface area contributed by atoms with Crippen molar-refractivity contribution in [3.8, 4) is 0 Å². The van der Waals surface area contributed by atoms with E-state index in [-0.39, 0.29) is 5.91 Å². The highest BCUT2D eigenvalue weighted by molar-refractivity contribution is 5.92. The molecule has 0 aliphatic rings. The van der Waals surface area contributed by atoms with Gasteiger partial charge in [-0.2, -0.15) is 0 Å². The minimum atomic E-state index is -0.428. The summed E-state index contributed by atoms with van der Waals surface area (Å²) in [6.07, 6.45) is 8.90. The average molecular weight is 580 g/mol. The molecule has 0 aliphatic carbocycles. The fraction of sp³-hybridized carbons (Fsp3) is 0.167. The van der Waals surface area contributed by atoms with Crippen LogP contribution in [-0.2, 0) is 25.8 Å². The van der Waals surface area contributed by atoms with Gasteiger partial charge >= 0.3 is 0 Å². The number of aryl methyl sites for hydroxylation is 2. The van der Waals surface area contributed by atoms with E-state index in [1.807, 2.05) is 42.6 Å². The van der Waals surface area contributed by atoms with E-state index in [1.165, 1.54) is 10.9 Å². The summed E-state index contributed by atoms with van der Waals surface area (Å²) in [6.45, 7) is 0.607. The van der Waals surface area contributed by atoms with E-state index < -0.39 is 6.04 Å². The molecule has 0 radical (unpaired) electrons. The van der Waals surface area contributed by atoms with Crippen LogP contribution in [0.3, 0.4) is 0 Å². The highest BCUT2D eigenvalue weighted by atomic mass is 16.2. The van der Waals surface area contributed by atoms with Crippen molar-refractivity contribution in [1.29, 1.82) is 0 Å². The van der Waals surface area contributed by atoms with E-state index in [1.54, 1.807) is 18.3 Å². The maximum atomic E-state index is 13.5. The van der Waals surface area contributed by atoms with Gasteiger partial charge in [0.2, 0.25) is 0 Å². The molecule has 1 atom stereocenters. The zero-order chi connectivity index (χ0) is 29.7. The van der Waals surface area contributed by atoms with Crippen molar-refractivity contribution < 1.29 is 4.79 Å². The number of amides is 1. The molecule has 7 rings (SSSR count). The van der Waals surface area contributed by atoms with Crippen LogP contribution in [0.15, 0.2) is 116 Å². The number of para-hydroxylation sites is 2. The standard InChI is InChI=1S/C36H33N7O/c44-36(32-18-8-9-20-37-32)40-33(21-27-23-39-31-17-7-5-15-29(27)31)35-42-41-34(43(35)24-25-11-2-1-3-12-25)19-10-13-26-22-38-30-16-6-4-14-28(26)30/h1-9,11-12,14-18,20,22-23,33,38-39H,10,13,19,21,24H2,(H,40,44)/t33-/m1/s1. The second-order valence-electron chi connectivity index (χ2n) is 11.1. The van der Waals surface area contributed by atoms with Gasteiger partial charge in [0.25, 0.3) is 5.91 Å². The molecular formula is C36H33N7O. The Balaban J connectivity index is 1.22. The number of H-pyrrole nitrogens is 2. The number of nitrogens with zero attached hydrogens (tertiary/aromatic N) is 4. The van der Waals surface area contributed by atoms with Gasteiger partial charge in [-0.25, -0.2) is 0 Å². The average Bonchev–Trinajstić information content (AvgIpc) is 3.79. The number of carbonyl (C=O) groups is 1. The van der Waals surface area contributed by atoms with Crippen LogP contribution in [0.2, 0.25) is 0 Å². The Kier molecular flexibility index (Phi) is 7.70. The van der Waals surface area contributed by atoms with Crippen molar-refractivity contribution >= 4 is 27.7 Å². The van der Waals surface area contributed by atoms with Gasteiger partial charge in [-0.15, -0.1) is 10.2 Å². The first kappa shape index (κ1) is 27.3. The zero-order valence-electron chi connectivity index (χ0n) is 24.3. The fourth-order valence-electron chi connectivity index (χ4n) is 5.96. The molecular weight excluding hydrogens is 546 g/mol. The summed E-state index contributed by atoms with van der Waals surface area (Å²) in [5.74, 6) is 1.39. The van der Waals surface area contributed by atoms with Crippen LogP contribution in [0.1, 0.15) is 51.3 Å². The topological polar surface area (TPSA) is 104 Å². The summed E-state index contributed by atoms with van der Waals surface area (Å²) in [5.41, 5.74) is 6.12. The van der Waals surface area contributed by atoms with Crippen molar-refractivity contribution in [2.75, 3.05) is 0 Å². The summed E-state index contributed by atoms with van der Waals surface area (Å²) >= 11 is 0. The van der Waals surface area contributed by atoms with E-state index in [2.05, 4.69) is 79.6 Å². The predicted octanol–water partition coefficient (Wildman–Crippen LogP) is 6.57. The van der Waals surface area contributed by atoms with Crippen LogP contribution in [0.4, 0.5) is 0 Å². The van der Waals surface area contributed by atoms with Gasteiger partial charge in [-0.05, 0) is 53.8 Å². The van der Waals surface area contributed by atoms with Crippen molar-refractivity contribution in [2.45, 2.75) is 38.3 Å². The third kappa shape index (κ3) is 5.74. The van der Waals surface area contributed by atoms with Crippen LogP contribution in [-0.4, -0.2) is 35.6 Å². The largest absolute Gasteiger partial charge is 0.361 e. The van der Waals surface area contributed by atoms with Crippen LogP contribution >= 0.6 is 0 Å². The van der Waals surface area contributed by atoms with Gasteiger partial charge in [-0.1, -0.05) is 72.8 Å². The number of pyridine rings is 1. The second kappa shape index (κ2) is 12.4. The highest BCUT2D eigenvalue weighted by Gasteiger charge is 2.26. The van der Waals surface area contributed by atoms with Gasteiger partial charge in [0.1, 0.15) is 11.5 Å². The molecule has 0 fully saturated rings. The first-order chi connectivity index (χ1) is 21.7. The molecule has 0 aliphatic heterocycles. The van der Waals surface area contributed by atoms with Crippen molar-refractivity contribution in [1.82, 2.24) is 35.0 Å². The zero-order valence-corrected chi connectivity index (χ0v) is 24.3. The summed E-state index contributed by atoms with van der Waals surface area (Å²) in [7, 11) is 0. The fourth-order valence-corrected chi connectivity index (χ4v) is 5.96. The molecule has 0 unspecified atom stereocenters. The maximum Gasteiger partial charge on any atom is 0.270 e. The lowest BCUT2D eigenvalue weighted by Gasteiger charge is -2.20. The molecule has 0 saturated heterocycles. The molecule has 8 nitrogen and oxygen atoms in total. The first-order valence-corrected chi connectivity index (χ1v) is 15.0. The lowest BCUT2D eigenvalue weighted by Crippen LogP contribution is -2.33. The van der Waals surface area contributed by atoms with E-state index in [0.29, 0.717) is 18.7 Å². The number of fused-ring (bicyclic) bond motifs is 2. The van der Waals surface area contributed by atoms with Crippen LogP contribution < -0.4 is 5.32 Å². The Hall–Kier alpha value is -5.50. The molecule has 4 heterocycles. The molecule has 0 spiro atoms. The number of hydrogen-bond acceptors (Lipinski definition) is 4. The van der Waals surface area contributed by atoms with Crippen molar-refractivity contribution in [2.24, 2.45) is 0 Å². The molecule has 3 N–H and O–H groups in total. The Labute approximate surface area is 255 Å². The molecule has 8 heteroatoms. The first-order valence-electron chi connectivity index (χ1n) is 15.0. The number of aromatic amines is 2. The number of hydrogen-bond donors (Lipinski definition) is 3. The van der Waals surface area contributed by atoms with Gasteiger partial charge < -0.3 is 19.9 Å². The van der Waals surface area contributed by atoms with Crippen LogP contribution in [0.5, 0.6) is 0 Å². The third-order valence-corrected chi connectivity index (χ3v) is 8.17. The highest BCUT2D eigenvalue weighted by Crippen LogP contribution is 2.26. The van der Waals surface area contributed by atoms with Crippen LogP contribution in [0, 0.1) is 0 Å². The second-order valence-corrected chi connectivity index (χ2v) is 11.1. The van der Waals surface area contributed by atoms with Crippen molar-refractivity contribution in [3.63, 3.8) is 0 Å². The lowest BCUT2D eigenvalue weighted by molar-refractivity contribution is 0.0929. The number of benzene rings is 3. The number of rotatable bonds is 11. The van der Waals surface area contributed by atoms with E-state index >= 15 is 0 Å². The summed E-state index contributed by atoms with van der Waals surface area (Å²) in [4.78, 5) is 24.5. The van der Waals surface area contributed by atoms with E-state index in [9.17, 15) is 4.79 Å². The smallest absolute Gasteiger partial charge is 0.270 e. The van der Waals surface area contributed by atoms with Crippen LogP contribution in [0.25, 0.3) is 21.8 Å². The molecule has 218 valence electrons. The Bertz CT molecular complexity index is 2010. The Morgan fingerprint density at radius 3 is 2.18 bits per heavy atom. The number of carbonyl (C=O) groups excluding carboxylic acids is 1. The molecule has 0 bridgehead atoms. The normalized spacial score (nSPS) is 12.1. The SMILES string of the molecule is O=C(N[C@H](Cc1c[nH]c2ccccc12)c1nnc(CCCc2c[nH]c3ccccc23)n1Cc1ccccc1)c1ccccn1. The Morgan fingerprint density at radius 2 is 1.43 bits per heavy atom. The third-order valence-electron chi connectivity index (χ3n) is 8.17. The summed E-state index contributed by atoms with van der Waals surface area (Å²) < 4.78 is 2.18. The number of aromatic nitrogens is 6. The summed E-state index contributed by atoms with van der Waals surface area (Å²) in [6, 6.07) is 31.9. The minimum absolute atomic E-state index is 0.245. The van der Waals surface area contributed by atoms with Crippen molar-refractivity contribution in [3.05, 3.63) is 150 Å². The van der Waals surface area contributed by atoms with E-state index in [4.69, 9.17) is 10.2 Å². The number of nitrogens with one attached hydrogen (secondary N) is 3. The van der Waals surface area contributed by atoms with Gasteiger partial charge in [-0.3, -0.25) is 9.78 Å². The maximum absolute atomic E-state index is 13.5. The molecule has 4 aromatic heterocycles.